The van der Waals surface area contributed by atoms with Crippen molar-refractivity contribution in [3.63, 3.8) is 0 Å². The predicted molar refractivity (Wildman–Crippen MR) is 69.2 cm³/mol. The molecule has 0 radical (unpaired) electrons. The number of benzene rings is 1. The Morgan fingerprint density at radius 2 is 1.88 bits per heavy atom. The summed E-state index contributed by atoms with van der Waals surface area (Å²) in [5.74, 6) is -0.393. The van der Waals surface area contributed by atoms with Gasteiger partial charge in [-0.3, -0.25) is 5.32 Å². The van der Waals surface area contributed by atoms with E-state index >= 15 is 0 Å². The van der Waals surface area contributed by atoms with Crippen molar-refractivity contribution in [2.24, 2.45) is 0 Å². The van der Waals surface area contributed by atoms with E-state index in [4.69, 9.17) is 0 Å². The first-order chi connectivity index (χ1) is 7.91. The minimum absolute atomic E-state index is 0.458. The van der Waals surface area contributed by atoms with E-state index in [9.17, 15) is 9.90 Å². The average molecular weight is 235 g/mol. The lowest BCUT2D eigenvalue weighted by molar-refractivity contribution is -0.144. The van der Waals surface area contributed by atoms with Crippen LogP contribution in [0.4, 0.5) is 0 Å². The van der Waals surface area contributed by atoms with Crippen LogP contribution in [0.5, 0.6) is 0 Å². The van der Waals surface area contributed by atoms with Gasteiger partial charge in [0.05, 0.1) is 0 Å². The van der Waals surface area contributed by atoms with E-state index in [0.717, 1.165) is 5.56 Å². The van der Waals surface area contributed by atoms with Crippen LogP contribution in [-0.2, 0) is 10.3 Å². The first-order valence-electron chi connectivity index (χ1n) is 6.00. The van der Waals surface area contributed by atoms with E-state index in [1.165, 1.54) is 5.56 Å². The van der Waals surface area contributed by atoms with E-state index < -0.39 is 11.5 Å². The summed E-state index contributed by atoms with van der Waals surface area (Å²) in [7, 11) is 0. The van der Waals surface area contributed by atoms with Gasteiger partial charge in [-0.25, -0.2) is 4.79 Å². The lowest BCUT2D eigenvalue weighted by Crippen LogP contribution is -2.46. The molecular weight excluding hydrogens is 214 g/mol. The molecule has 3 nitrogen and oxygen atoms in total. The van der Waals surface area contributed by atoms with E-state index in [2.05, 4.69) is 19.2 Å². The Kier molecular flexibility index (Phi) is 4.29. The zero-order chi connectivity index (χ0) is 13.1. The zero-order valence-corrected chi connectivity index (χ0v) is 10.9. The first kappa shape index (κ1) is 13.7. The van der Waals surface area contributed by atoms with Crippen molar-refractivity contribution < 1.29 is 9.90 Å². The van der Waals surface area contributed by atoms with E-state index in [1.54, 1.807) is 6.92 Å². The van der Waals surface area contributed by atoms with Gasteiger partial charge in [0.1, 0.15) is 5.54 Å². The second-order valence-electron chi connectivity index (χ2n) is 4.74. The fraction of sp³-hybridized carbons (Fsp3) is 0.500. The minimum Gasteiger partial charge on any atom is -0.480 e. The molecule has 1 atom stereocenters. The van der Waals surface area contributed by atoms with E-state index in [0.29, 0.717) is 12.5 Å². The second-order valence-corrected chi connectivity index (χ2v) is 4.74. The summed E-state index contributed by atoms with van der Waals surface area (Å²) < 4.78 is 0. The number of carbonyl (C=O) groups is 1. The molecule has 0 heterocycles. The highest BCUT2D eigenvalue weighted by molar-refractivity contribution is 5.80. The molecule has 94 valence electrons. The molecule has 0 saturated carbocycles. The SMILES string of the molecule is CCNC(C)(C(=O)O)c1ccc(C(C)C)cc1. The van der Waals surface area contributed by atoms with Crippen LogP contribution < -0.4 is 5.32 Å². The quantitative estimate of drug-likeness (QED) is 0.825. The molecule has 0 aromatic heterocycles. The van der Waals surface area contributed by atoms with Crippen LogP contribution in [0, 0.1) is 0 Å². The molecule has 3 heteroatoms. The summed E-state index contributed by atoms with van der Waals surface area (Å²) in [6.45, 7) is 8.47. The predicted octanol–water partition coefficient (Wildman–Crippen LogP) is 2.72. The van der Waals surface area contributed by atoms with Crippen molar-refractivity contribution >= 4 is 5.97 Å². The maximum atomic E-state index is 11.4. The monoisotopic (exact) mass is 235 g/mol. The highest BCUT2D eigenvalue weighted by Crippen LogP contribution is 2.23. The van der Waals surface area contributed by atoms with E-state index in [1.807, 2.05) is 31.2 Å². The molecule has 0 aliphatic carbocycles. The van der Waals surface area contributed by atoms with Crippen molar-refractivity contribution in [1.29, 1.82) is 0 Å². The topological polar surface area (TPSA) is 49.3 Å². The van der Waals surface area contributed by atoms with Crippen LogP contribution in [0.2, 0.25) is 0 Å². The molecule has 0 aliphatic heterocycles. The zero-order valence-electron chi connectivity index (χ0n) is 10.9. The number of aliphatic carboxylic acids is 1. The molecular formula is C14H21NO2. The molecule has 0 bridgehead atoms. The smallest absolute Gasteiger partial charge is 0.328 e. The van der Waals surface area contributed by atoms with Crippen LogP contribution in [0.25, 0.3) is 0 Å². The fourth-order valence-corrected chi connectivity index (χ4v) is 1.86. The molecule has 0 spiro atoms. The van der Waals surface area contributed by atoms with Gasteiger partial charge in [0.15, 0.2) is 0 Å². The molecule has 0 amide bonds. The van der Waals surface area contributed by atoms with Gasteiger partial charge in [-0.05, 0) is 30.5 Å². The van der Waals surface area contributed by atoms with Gasteiger partial charge in [0, 0.05) is 0 Å². The maximum Gasteiger partial charge on any atom is 0.328 e. The Morgan fingerprint density at radius 1 is 1.35 bits per heavy atom. The van der Waals surface area contributed by atoms with Crippen LogP contribution >= 0.6 is 0 Å². The summed E-state index contributed by atoms with van der Waals surface area (Å²) in [4.78, 5) is 11.4. The molecule has 0 aliphatic rings. The highest BCUT2D eigenvalue weighted by atomic mass is 16.4. The van der Waals surface area contributed by atoms with Crippen LogP contribution in [0.3, 0.4) is 0 Å². The standard InChI is InChI=1S/C14H21NO2/c1-5-15-14(4,13(16)17)12-8-6-11(7-9-12)10(2)3/h6-10,15H,5H2,1-4H3,(H,16,17). The maximum absolute atomic E-state index is 11.4. The van der Waals surface area contributed by atoms with Crippen LogP contribution in [-0.4, -0.2) is 17.6 Å². The third kappa shape index (κ3) is 2.86. The minimum atomic E-state index is -1.01. The Morgan fingerprint density at radius 3 is 2.24 bits per heavy atom. The number of hydrogen-bond donors (Lipinski definition) is 2. The van der Waals surface area contributed by atoms with Crippen molar-refractivity contribution in [3.8, 4) is 0 Å². The summed E-state index contributed by atoms with van der Waals surface area (Å²) >= 11 is 0. The van der Waals surface area contributed by atoms with E-state index in [-0.39, 0.29) is 0 Å². The lowest BCUT2D eigenvalue weighted by atomic mass is 9.90. The number of rotatable bonds is 5. The molecule has 0 fully saturated rings. The molecule has 1 aromatic rings. The van der Waals surface area contributed by atoms with Gasteiger partial charge < -0.3 is 5.11 Å². The molecule has 1 unspecified atom stereocenters. The second kappa shape index (κ2) is 5.32. The van der Waals surface area contributed by atoms with Gasteiger partial charge in [-0.2, -0.15) is 0 Å². The Bertz CT molecular complexity index is 384. The summed E-state index contributed by atoms with van der Waals surface area (Å²) in [6, 6.07) is 7.79. The summed E-state index contributed by atoms with van der Waals surface area (Å²) in [6.07, 6.45) is 0. The van der Waals surface area contributed by atoms with Crippen LogP contribution in [0.15, 0.2) is 24.3 Å². The Balaban J connectivity index is 3.08. The fourth-order valence-electron chi connectivity index (χ4n) is 1.86. The first-order valence-corrected chi connectivity index (χ1v) is 6.00. The van der Waals surface area contributed by atoms with Crippen molar-refractivity contribution in [2.75, 3.05) is 6.54 Å². The summed E-state index contributed by atoms with van der Waals surface area (Å²) in [5.41, 5.74) is 0.999. The Labute approximate surface area is 103 Å². The van der Waals surface area contributed by atoms with Crippen molar-refractivity contribution in [3.05, 3.63) is 35.4 Å². The summed E-state index contributed by atoms with van der Waals surface area (Å²) in [5, 5.41) is 12.4. The molecule has 1 aromatic carbocycles. The van der Waals surface area contributed by atoms with Crippen molar-refractivity contribution in [2.45, 2.75) is 39.2 Å². The number of carboxylic acids is 1. The third-order valence-corrected chi connectivity index (χ3v) is 3.11. The van der Waals surface area contributed by atoms with Gasteiger partial charge in [0.2, 0.25) is 0 Å². The molecule has 1 rings (SSSR count). The number of nitrogens with one attached hydrogen (secondary N) is 1. The molecule has 2 N–H and O–H groups in total. The van der Waals surface area contributed by atoms with Gasteiger partial charge >= 0.3 is 5.97 Å². The normalized spacial score (nSPS) is 14.6. The average Bonchev–Trinajstić information content (AvgIpc) is 2.29. The number of carboxylic acid groups (broad SMARTS) is 1. The van der Waals surface area contributed by atoms with Gasteiger partial charge in [-0.15, -0.1) is 0 Å². The van der Waals surface area contributed by atoms with Crippen molar-refractivity contribution in [1.82, 2.24) is 5.32 Å². The number of likely N-dealkylation sites (N-methyl/N-ethyl adjacent to an activating group) is 1. The van der Waals surface area contributed by atoms with Crippen LogP contribution in [0.1, 0.15) is 44.7 Å². The number of hydrogen-bond acceptors (Lipinski definition) is 2. The van der Waals surface area contributed by atoms with Gasteiger partial charge in [-0.1, -0.05) is 45.0 Å². The van der Waals surface area contributed by atoms with Gasteiger partial charge in [0.25, 0.3) is 0 Å². The highest BCUT2D eigenvalue weighted by Gasteiger charge is 2.33. The largest absolute Gasteiger partial charge is 0.480 e. The Hall–Kier alpha value is -1.35. The molecule has 17 heavy (non-hydrogen) atoms. The third-order valence-electron chi connectivity index (χ3n) is 3.11. The lowest BCUT2D eigenvalue weighted by Gasteiger charge is -2.26. The molecule has 0 saturated heterocycles.